The van der Waals surface area contributed by atoms with Crippen molar-refractivity contribution in [3.05, 3.63) is 15.8 Å². The molecule has 0 aliphatic heterocycles. The van der Waals surface area contributed by atoms with Gasteiger partial charge in [-0.1, -0.05) is 13.8 Å². The number of nitrogens with one attached hydrogen (secondary N) is 1. The summed E-state index contributed by atoms with van der Waals surface area (Å²) >= 11 is 0.675. The van der Waals surface area contributed by atoms with Crippen LogP contribution in [0.25, 0.3) is 0 Å². The summed E-state index contributed by atoms with van der Waals surface area (Å²) in [4.78, 5) is 34.1. The molecule has 1 aromatic heterocycles. The summed E-state index contributed by atoms with van der Waals surface area (Å²) in [6.07, 6.45) is -5.10. The Kier molecular flexibility index (Phi) is 5.10. The Hall–Kier alpha value is -1.90. The summed E-state index contributed by atoms with van der Waals surface area (Å²) in [5, 5.41) is 1.57. The number of thiophene rings is 1. The van der Waals surface area contributed by atoms with Gasteiger partial charge in [-0.25, -0.2) is 4.79 Å². The number of methoxy groups -OCH3 is 1. The van der Waals surface area contributed by atoms with Gasteiger partial charge in [0, 0.05) is 5.92 Å². The maximum atomic E-state index is 12.3. The number of amides is 1. The van der Waals surface area contributed by atoms with Gasteiger partial charge < -0.3 is 10.1 Å². The first-order valence-corrected chi connectivity index (χ1v) is 6.54. The van der Waals surface area contributed by atoms with E-state index in [-0.39, 0.29) is 15.5 Å². The van der Waals surface area contributed by atoms with Crippen LogP contribution in [-0.2, 0) is 9.53 Å². The molecule has 116 valence electrons. The van der Waals surface area contributed by atoms with Crippen LogP contribution in [0.5, 0.6) is 0 Å². The van der Waals surface area contributed by atoms with E-state index < -0.39 is 29.7 Å². The highest BCUT2D eigenvalue weighted by atomic mass is 32.1. The number of hydrogen-bond acceptors (Lipinski definition) is 5. The predicted octanol–water partition coefficient (Wildman–Crippen LogP) is 2.87. The summed E-state index contributed by atoms with van der Waals surface area (Å²) in [5.41, 5.74) is -0.391. The van der Waals surface area contributed by atoms with Crippen LogP contribution in [0.3, 0.4) is 0 Å². The number of Topliss-reactive ketones (excluding diaryl/α,β-unsaturated/α-hetero) is 1. The third-order valence-electron chi connectivity index (χ3n) is 2.38. The lowest BCUT2D eigenvalue weighted by Crippen LogP contribution is -2.30. The van der Waals surface area contributed by atoms with E-state index in [1.165, 1.54) is 0 Å². The Morgan fingerprint density at radius 2 is 1.86 bits per heavy atom. The molecular weight excluding hydrogens is 311 g/mol. The van der Waals surface area contributed by atoms with Gasteiger partial charge >= 0.3 is 18.1 Å². The molecule has 0 fully saturated rings. The fraction of sp³-hybridized carbons (Fsp3) is 0.417. The first kappa shape index (κ1) is 17.2. The second-order valence-electron chi connectivity index (χ2n) is 4.32. The van der Waals surface area contributed by atoms with Crippen molar-refractivity contribution in [2.75, 3.05) is 12.4 Å². The molecule has 0 unspecified atom stereocenters. The Balaban J connectivity index is 3.20. The molecule has 0 aliphatic carbocycles. The lowest BCUT2D eigenvalue weighted by molar-refractivity contribution is -0.167. The number of esters is 1. The van der Waals surface area contributed by atoms with Crippen LogP contribution in [0.15, 0.2) is 6.07 Å². The van der Waals surface area contributed by atoms with Crippen molar-refractivity contribution in [2.24, 2.45) is 5.92 Å². The van der Waals surface area contributed by atoms with E-state index in [0.717, 1.165) is 13.2 Å². The van der Waals surface area contributed by atoms with Crippen molar-refractivity contribution in [3.8, 4) is 0 Å². The zero-order valence-corrected chi connectivity index (χ0v) is 12.1. The van der Waals surface area contributed by atoms with E-state index in [1.54, 1.807) is 19.2 Å². The van der Waals surface area contributed by atoms with E-state index in [1.807, 2.05) is 0 Å². The quantitative estimate of drug-likeness (QED) is 0.683. The lowest BCUT2D eigenvalue weighted by Gasteiger charge is -2.07. The highest BCUT2D eigenvalue weighted by Crippen LogP contribution is 2.31. The summed E-state index contributed by atoms with van der Waals surface area (Å²) in [5.74, 6) is -3.91. The third-order valence-corrected chi connectivity index (χ3v) is 3.51. The summed E-state index contributed by atoms with van der Waals surface area (Å²) in [6, 6.07) is 1.04. The van der Waals surface area contributed by atoms with Gasteiger partial charge in [-0.05, 0) is 6.07 Å². The number of halogens is 3. The monoisotopic (exact) mass is 323 g/mol. The molecular formula is C12H12F3NO4S. The zero-order chi connectivity index (χ0) is 16.4. The van der Waals surface area contributed by atoms with Crippen LogP contribution < -0.4 is 5.32 Å². The molecule has 1 aromatic rings. The average Bonchev–Trinajstić information content (AvgIpc) is 2.79. The lowest BCUT2D eigenvalue weighted by atomic mass is 10.1. The maximum absolute atomic E-state index is 12.3. The molecule has 0 spiro atoms. The number of anilines is 1. The smallest absolute Gasteiger partial charge is 0.465 e. The van der Waals surface area contributed by atoms with Crippen LogP contribution in [0, 0.1) is 5.92 Å². The Labute approximate surface area is 122 Å². The normalized spacial score (nSPS) is 11.4. The molecule has 21 heavy (non-hydrogen) atoms. The largest absolute Gasteiger partial charge is 0.471 e. The van der Waals surface area contributed by atoms with Gasteiger partial charge in [0.25, 0.3) is 0 Å². The van der Waals surface area contributed by atoms with E-state index in [4.69, 9.17) is 0 Å². The predicted molar refractivity (Wildman–Crippen MR) is 69.5 cm³/mol. The van der Waals surface area contributed by atoms with Crippen molar-refractivity contribution >= 4 is 34.7 Å². The molecule has 1 N–H and O–H groups in total. The second kappa shape index (κ2) is 6.25. The van der Waals surface area contributed by atoms with Gasteiger partial charge in [0.05, 0.1) is 17.7 Å². The Bertz CT molecular complexity index is 578. The summed E-state index contributed by atoms with van der Waals surface area (Å²) in [6.45, 7) is 3.21. The van der Waals surface area contributed by atoms with Crippen molar-refractivity contribution in [2.45, 2.75) is 20.0 Å². The number of alkyl halides is 3. The van der Waals surface area contributed by atoms with E-state index >= 15 is 0 Å². The van der Waals surface area contributed by atoms with E-state index in [2.05, 4.69) is 4.74 Å². The van der Waals surface area contributed by atoms with Gasteiger partial charge in [0.1, 0.15) is 4.88 Å². The molecule has 0 radical (unpaired) electrons. The highest BCUT2D eigenvalue weighted by Gasteiger charge is 2.39. The van der Waals surface area contributed by atoms with Gasteiger partial charge in [-0.15, -0.1) is 11.3 Å². The fourth-order valence-electron chi connectivity index (χ4n) is 1.33. The second-order valence-corrected chi connectivity index (χ2v) is 5.37. The van der Waals surface area contributed by atoms with Crippen LogP contribution in [0.4, 0.5) is 18.9 Å². The van der Waals surface area contributed by atoms with Crippen LogP contribution in [0.1, 0.15) is 33.2 Å². The minimum absolute atomic E-state index is 0.0721. The zero-order valence-electron chi connectivity index (χ0n) is 11.3. The highest BCUT2D eigenvalue weighted by molar-refractivity contribution is 7.16. The first-order valence-electron chi connectivity index (χ1n) is 5.72. The molecule has 9 heteroatoms. The summed E-state index contributed by atoms with van der Waals surface area (Å²) in [7, 11) is 1.04. The molecule has 1 amide bonds. The van der Waals surface area contributed by atoms with E-state index in [0.29, 0.717) is 11.3 Å². The van der Waals surface area contributed by atoms with Crippen LogP contribution in [0.2, 0.25) is 0 Å². The van der Waals surface area contributed by atoms with Gasteiger partial charge in [-0.2, -0.15) is 13.2 Å². The Morgan fingerprint density at radius 1 is 1.29 bits per heavy atom. The number of carbonyl (C=O) groups is 3. The van der Waals surface area contributed by atoms with Crippen molar-refractivity contribution in [1.29, 1.82) is 0 Å². The molecule has 0 aliphatic rings. The van der Waals surface area contributed by atoms with Crippen LogP contribution >= 0.6 is 11.3 Å². The number of carbonyl (C=O) groups excluding carboxylic acids is 3. The molecule has 5 nitrogen and oxygen atoms in total. The van der Waals surface area contributed by atoms with Gasteiger partial charge in [-0.3, -0.25) is 9.59 Å². The number of ketones is 1. The minimum Gasteiger partial charge on any atom is -0.465 e. The van der Waals surface area contributed by atoms with Crippen molar-refractivity contribution < 1.29 is 32.3 Å². The molecule has 0 bridgehead atoms. The average molecular weight is 323 g/mol. The fourth-order valence-corrected chi connectivity index (χ4v) is 2.45. The van der Waals surface area contributed by atoms with E-state index in [9.17, 15) is 27.6 Å². The number of ether oxygens (including phenoxy) is 1. The van der Waals surface area contributed by atoms with Gasteiger partial charge in [0.2, 0.25) is 0 Å². The number of hydrogen-bond donors (Lipinski definition) is 1. The van der Waals surface area contributed by atoms with Crippen molar-refractivity contribution in [1.82, 2.24) is 0 Å². The summed E-state index contributed by atoms with van der Waals surface area (Å²) < 4.78 is 41.2. The van der Waals surface area contributed by atoms with Crippen molar-refractivity contribution in [3.63, 3.8) is 0 Å². The molecule has 0 saturated heterocycles. The molecule has 0 atom stereocenters. The first-order chi connectivity index (χ1) is 9.57. The molecule has 0 aromatic carbocycles. The molecule has 1 heterocycles. The number of rotatable bonds is 4. The maximum Gasteiger partial charge on any atom is 0.471 e. The molecule has 1 rings (SSSR count). The topological polar surface area (TPSA) is 72.5 Å². The Morgan fingerprint density at radius 3 is 2.29 bits per heavy atom. The third kappa shape index (κ3) is 4.03. The SMILES string of the molecule is COC(=O)c1sc(C(=O)C(C)C)cc1NC(=O)C(F)(F)F. The van der Waals surface area contributed by atoms with Crippen LogP contribution in [-0.4, -0.2) is 30.9 Å². The molecule has 0 saturated carbocycles. The standard InChI is InChI=1S/C12H12F3NO4S/c1-5(2)8(17)7-4-6(9(21-7)10(18)20-3)16-11(19)12(13,14)15/h4-5H,1-3H3,(H,16,19). The minimum atomic E-state index is -5.10. The van der Waals surface area contributed by atoms with Gasteiger partial charge in [0.15, 0.2) is 5.78 Å².